The van der Waals surface area contributed by atoms with Crippen molar-refractivity contribution in [1.29, 1.82) is 0 Å². The van der Waals surface area contributed by atoms with Gasteiger partial charge in [0.15, 0.2) is 5.82 Å². The van der Waals surface area contributed by atoms with E-state index in [0.29, 0.717) is 22.8 Å². The summed E-state index contributed by atoms with van der Waals surface area (Å²) in [5, 5.41) is 0.532. The zero-order valence-corrected chi connectivity index (χ0v) is 10.6. The highest BCUT2D eigenvalue weighted by Gasteiger charge is 2.14. The Kier molecular flexibility index (Phi) is 4.76. The Morgan fingerprint density at radius 1 is 1.62 bits per heavy atom. The van der Waals surface area contributed by atoms with Gasteiger partial charge in [-0.15, -0.1) is 0 Å². The second-order valence-corrected chi connectivity index (χ2v) is 4.17. The third-order valence-electron chi connectivity index (χ3n) is 2.56. The van der Waals surface area contributed by atoms with Crippen molar-refractivity contribution < 1.29 is 0 Å². The number of rotatable bonds is 5. The number of nitrogens with zero attached hydrogens (tertiary/aromatic N) is 3. The van der Waals surface area contributed by atoms with Crippen LogP contribution in [0.25, 0.3) is 0 Å². The number of aromatic nitrogens is 2. The number of nitrogen functional groups attached to an aromatic ring is 1. The summed E-state index contributed by atoms with van der Waals surface area (Å²) < 4.78 is 0. The SMILES string of the molecule is CCCC(C)N(C)c1nc(NN)ncc1Cl. The predicted octanol–water partition coefficient (Wildman–Crippen LogP) is 2.04. The van der Waals surface area contributed by atoms with Gasteiger partial charge in [-0.3, -0.25) is 5.43 Å². The normalized spacial score (nSPS) is 12.3. The van der Waals surface area contributed by atoms with Gasteiger partial charge in [-0.1, -0.05) is 24.9 Å². The summed E-state index contributed by atoms with van der Waals surface area (Å²) >= 11 is 6.06. The molecule has 0 fully saturated rings. The third-order valence-corrected chi connectivity index (χ3v) is 2.82. The fourth-order valence-electron chi connectivity index (χ4n) is 1.50. The third kappa shape index (κ3) is 2.96. The van der Waals surface area contributed by atoms with E-state index in [1.165, 1.54) is 0 Å². The molecule has 0 amide bonds. The molecule has 0 saturated heterocycles. The van der Waals surface area contributed by atoms with Gasteiger partial charge in [0.25, 0.3) is 0 Å². The Balaban J connectivity index is 2.92. The molecule has 1 atom stereocenters. The maximum Gasteiger partial charge on any atom is 0.239 e. The standard InChI is InChI=1S/C10H18ClN5/c1-4-5-7(2)16(3)9-8(11)6-13-10(14-9)15-12/h6-7H,4-5,12H2,1-3H3,(H,13,14,15). The molecule has 1 aromatic rings. The van der Waals surface area contributed by atoms with Crippen molar-refractivity contribution in [3.8, 4) is 0 Å². The van der Waals surface area contributed by atoms with Crippen molar-refractivity contribution in [2.75, 3.05) is 17.4 Å². The lowest BCUT2D eigenvalue weighted by Gasteiger charge is -2.26. The maximum absolute atomic E-state index is 6.06. The van der Waals surface area contributed by atoms with Gasteiger partial charge >= 0.3 is 0 Å². The molecule has 0 aliphatic heterocycles. The van der Waals surface area contributed by atoms with Crippen molar-refractivity contribution in [1.82, 2.24) is 9.97 Å². The molecule has 1 unspecified atom stereocenters. The molecule has 6 heteroatoms. The Morgan fingerprint density at radius 2 is 2.31 bits per heavy atom. The average molecular weight is 244 g/mol. The fourth-order valence-corrected chi connectivity index (χ4v) is 1.72. The summed E-state index contributed by atoms with van der Waals surface area (Å²) in [6.07, 6.45) is 3.76. The lowest BCUT2D eigenvalue weighted by molar-refractivity contribution is 0.611. The van der Waals surface area contributed by atoms with Crippen LogP contribution >= 0.6 is 11.6 Å². The first kappa shape index (κ1) is 13.0. The van der Waals surface area contributed by atoms with Crippen LogP contribution in [0, 0.1) is 0 Å². The molecular formula is C10H18ClN5. The van der Waals surface area contributed by atoms with Crippen LogP contribution in [0.3, 0.4) is 0 Å². The lowest BCUT2D eigenvalue weighted by Crippen LogP contribution is -2.30. The van der Waals surface area contributed by atoms with Gasteiger partial charge in [0.2, 0.25) is 5.95 Å². The number of halogens is 1. The zero-order chi connectivity index (χ0) is 12.1. The Bertz CT molecular complexity index is 344. The van der Waals surface area contributed by atoms with Crippen molar-refractivity contribution in [3.05, 3.63) is 11.2 Å². The van der Waals surface area contributed by atoms with E-state index >= 15 is 0 Å². The molecule has 1 rings (SSSR count). The monoisotopic (exact) mass is 243 g/mol. The van der Waals surface area contributed by atoms with Gasteiger partial charge in [-0.2, -0.15) is 4.98 Å². The lowest BCUT2D eigenvalue weighted by atomic mass is 10.2. The van der Waals surface area contributed by atoms with E-state index in [1.807, 2.05) is 11.9 Å². The number of nitrogens with two attached hydrogens (primary N) is 1. The molecule has 0 aliphatic rings. The first-order valence-electron chi connectivity index (χ1n) is 5.32. The van der Waals surface area contributed by atoms with E-state index in [4.69, 9.17) is 17.4 Å². The van der Waals surface area contributed by atoms with Gasteiger partial charge in [-0.05, 0) is 13.3 Å². The van der Waals surface area contributed by atoms with Crippen molar-refractivity contribution in [2.24, 2.45) is 5.84 Å². The Morgan fingerprint density at radius 3 is 2.88 bits per heavy atom. The van der Waals surface area contributed by atoms with Gasteiger partial charge in [-0.25, -0.2) is 10.8 Å². The number of hydrogen-bond acceptors (Lipinski definition) is 5. The molecule has 1 aromatic heterocycles. The minimum absolute atomic E-state index is 0.370. The molecule has 5 nitrogen and oxygen atoms in total. The number of hydrazine groups is 1. The molecule has 3 N–H and O–H groups in total. The summed E-state index contributed by atoms with van der Waals surface area (Å²) in [5.41, 5.74) is 2.41. The Hall–Kier alpha value is -1.07. The molecule has 0 bridgehead atoms. The van der Waals surface area contributed by atoms with Crippen LogP contribution in [0.4, 0.5) is 11.8 Å². The molecule has 16 heavy (non-hydrogen) atoms. The van der Waals surface area contributed by atoms with Gasteiger partial charge in [0, 0.05) is 13.1 Å². The summed E-state index contributed by atoms with van der Waals surface area (Å²) in [7, 11) is 1.97. The van der Waals surface area contributed by atoms with E-state index in [9.17, 15) is 0 Å². The molecule has 90 valence electrons. The van der Waals surface area contributed by atoms with Gasteiger partial charge in [0.1, 0.15) is 5.02 Å². The van der Waals surface area contributed by atoms with Crippen LogP contribution in [0.1, 0.15) is 26.7 Å². The first-order valence-corrected chi connectivity index (χ1v) is 5.70. The molecule has 0 aromatic carbocycles. The first-order chi connectivity index (χ1) is 7.60. The fraction of sp³-hybridized carbons (Fsp3) is 0.600. The molecule has 0 radical (unpaired) electrons. The van der Waals surface area contributed by atoms with Gasteiger partial charge in [0.05, 0.1) is 6.20 Å². The van der Waals surface area contributed by atoms with Crippen molar-refractivity contribution in [2.45, 2.75) is 32.7 Å². The van der Waals surface area contributed by atoms with Crippen LogP contribution < -0.4 is 16.2 Å². The average Bonchev–Trinajstić information content (AvgIpc) is 2.29. The second-order valence-electron chi connectivity index (χ2n) is 3.76. The smallest absolute Gasteiger partial charge is 0.239 e. The van der Waals surface area contributed by atoms with E-state index in [1.54, 1.807) is 6.20 Å². The number of anilines is 2. The molecular weight excluding hydrogens is 226 g/mol. The molecule has 0 aliphatic carbocycles. The molecule has 1 heterocycles. The summed E-state index contributed by atoms with van der Waals surface area (Å²) in [6, 6.07) is 0.378. The van der Waals surface area contributed by atoms with Crippen LogP contribution in [0.2, 0.25) is 5.02 Å². The van der Waals surface area contributed by atoms with Crippen molar-refractivity contribution in [3.63, 3.8) is 0 Å². The highest BCUT2D eigenvalue weighted by molar-refractivity contribution is 6.32. The number of hydrogen-bond donors (Lipinski definition) is 2. The largest absolute Gasteiger partial charge is 0.356 e. The minimum Gasteiger partial charge on any atom is -0.356 e. The summed E-state index contributed by atoms with van der Waals surface area (Å²) in [4.78, 5) is 10.2. The highest BCUT2D eigenvalue weighted by Crippen LogP contribution is 2.24. The molecule has 0 saturated carbocycles. The Labute approximate surface area is 101 Å². The van der Waals surface area contributed by atoms with Crippen molar-refractivity contribution >= 4 is 23.4 Å². The topological polar surface area (TPSA) is 67.1 Å². The van der Waals surface area contributed by atoms with Crippen LogP contribution in [-0.2, 0) is 0 Å². The second kappa shape index (κ2) is 5.86. The number of nitrogens with one attached hydrogen (secondary N) is 1. The summed E-state index contributed by atoms with van der Waals surface area (Å²) in [5.74, 6) is 6.34. The van der Waals surface area contributed by atoms with E-state index in [-0.39, 0.29) is 0 Å². The van der Waals surface area contributed by atoms with Crippen LogP contribution in [0.15, 0.2) is 6.20 Å². The predicted molar refractivity (Wildman–Crippen MR) is 67.6 cm³/mol. The quantitative estimate of drug-likeness (QED) is 0.612. The van der Waals surface area contributed by atoms with E-state index in [0.717, 1.165) is 12.8 Å². The molecule has 0 spiro atoms. The van der Waals surface area contributed by atoms with E-state index in [2.05, 4.69) is 29.2 Å². The van der Waals surface area contributed by atoms with Gasteiger partial charge < -0.3 is 4.90 Å². The van der Waals surface area contributed by atoms with E-state index < -0.39 is 0 Å². The minimum atomic E-state index is 0.370. The maximum atomic E-state index is 6.06. The zero-order valence-electron chi connectivity index (χ0n) is 9.87. The van der Waals surface area contributed by atoms with Crippen LogP contribution in [-0.4, -0.2) is 23.1 Å². The van der Waals surface area contributed by atoms with Crippen LogP contribution in [0.5, 0.6) is 0 Å². The highest BCUT2D eigenvalue weighted by atomic mass is 35.5. The summed E-state index contributed by atoms with van der Waals surface area (Å²) in [6.45, 7) is 4.29.